The zero-order chi connectivity index (χ0) is 26.1. The van der Waals surface area contributed by atoms with Crippen LogP contribution in [0.15, 0.2) is 24.3 Å². The van der Waals surface area contributed by atoms with Crippen LogP contribution in [0.1, 0.15) is 102 Å². The molecule has 4 heteroatoms. The Bertz CT molecular complexity index is 1030. The number of ketones is 1. The summed E-state index contributed by atoms with van der Waals surface area (Å²) in [4.78, 5) is 12.0. The number of carbonyl (C=O) groups is 1. The first kappa shape index (κ1) is 27.9. The number of aromatic hydroxyl groups is 2. The van der Waals surface area contributed by atoms with E-state index in [4.69, 9.17) is 4.74 Å². The Hall–Kier alpha value is -2.33. The number of methoxy groups -OCH3 is 1. The van der Waals surface area contributed by atoms with Crippen molar-refractivity contribution in [2.45, 2.75) is 97.8 Å². The maximum Gasteiger partial charge on any atom is 0.158 e. The lowest BCUT2D eigenvalue weighted by Crippen LogP contribution is -2.18. The number of rotatable bonds is 7. The molecule has 4 nitrogen and oxygen atoms in total. The molecule has 0 aliphatic rings. The Kier molecular flexibility index (Phi) is 8.30. The molecule has 2 N–H and O–H groups in total. The van der Waals surface area contributed by atoms with Crippen LogP contribution in [0.2, 0.25) is 0 Å². The molecule has 2 rings (SSSR count). The van der Waals surface area contributed by atoms with Gasteiger partial charge in [0.15, 0.2) is 5.78 Å². The summed E-state index contributed by atoms with van der Waals surface area (Å²) in [5.74, 6) is 0.606. The van der Waals surface area contributed by atoms with Gasteiger partial charge in [-0.3, -0.25) is 4.79 Å². The van der Waals surface area contributed by atoms with Crippen LogP contribution in [-0.4, -0.2) is 29.7 Å². The molecule has 0 saturated heterocycles. The Morgan fingerprint density at radius 2 is 1.26 bits per heavy atom. The molecule has 0 spiro atoms. The summed E-state index contributed by atoms with van der Waals surface area (Å²) >= 11 is 0. The SMILES string of the molecule is COCC(=O)CCc1cc(Cc2cc(C(C)(C)C)cc(C(C)(C)C)c2O)c(O)c(C(C)(C)C)c1. The molecule has 0 amide bonds. The normalized spacial score (nSPS) is 12.8. The summed E-state index contributed by atoms with van der Waals surface area (Å²) in [5.41, 5.74) is 4.92. The maximum absolute atomic E-state index is 12.0. The van der Waals surface area contributed by atoms with Gasteiger partial charge in [-0.15, -0.1) is 0 Å². The number of hydrogen-bond donors (Lipinski definition) is 2. The van der Waals surface area contributed by atoms with Crippen LogP contribution >= 0.6 is 0 Å². The van der Waals surface area contributed by atoms with Crippen LogP contribution < -0.4 is 0 Å². The highest BCUT2D eigenvalue weighted by molar-refractivity contribution is 5.79. The summed E-state index contributed by atoms with van der Waals surface area (Å²) in [6.07, 6.45) is 1.38. The third-order valence-corrected chi connectivity index (χ3v) is 6.30. The molecular weight excluding hydrogens is 424 g/mol. The molecule has 0 atom stereocenters. The van der Waals surface area contributed by atoms with Crippen LogP contribution in [-0.2, 0) is 38.6 Å². The fourth-order valence-electron chi connectivity index (χ4n) is 4.17. The average Bonchev–Trinajstić information content (AvgIpc) is 2.67. The van der Waals surface area contributed by atoms with Gasteiger partial charge in [0.1, 0.15) is 18.1 Å². The molecule has 2 aromatic rings. The summed E-state index contributed by atoms with van der Waals surface area (Å²) in [6.45, 7) is 19.1. The first-order valence-electron chi connectivity index (χ1n) is 12.2. The Balaban J connectivity index is 2.63. The van der Waals surface area contributed by atoms with Crippen molar-refractivity contribution >= 4 is 5.78 Å². The van der Waals surface area contributed by atoms with E-state index in [1.54, 1.807) is 0 Å². The number of phenolic OH excluding ortho intramolecular Hbond substituents is 2. The molecule has 2 aromatic carbocycles. The van der Waals surface area contributed by atoms with Gasteiger partial charge in [-0.2, -0.15) is 0 Å². The molecule has 34 heavy (non-hydrogen) atoms. The summed E-state index contributed by atoms with van der Waals surface area (Å²) in [5, 5.41) is 22.5. The monoisotopic (exact) mass is 468 g/mol. The van der Waals surface area contributed by atoms with Crippen molar-refractivity contribution in [3.63, 3.8) is 0 Å². The Labute approximate surface area is 206 Å². The number of hydrogen-bond acceptors (Lipinski definition) is 4. The van der Waals surface area contributed by atoms with Gasteiger partial charge < -0.3 is 14.9 Å². The largest absolute Gasteiger partial charge is 0.507 e. The van der Waals surface area contributed by atoms with E-state index in [0.717, 1.165) is 33.4 Å². The highest BCUT2D eigenvalue weighted by atomic mass is 16.5. The van der Waals surface area contributed by atoms with E-state index in [1.165, 1.54) is 7.11 Å². The van der Waals surface area contributed by atoms with Gasteiger partial charge in [-0.25, -0.2) is 0 Å². The Morgan fingerprint density at radius 3 is 1.74 bits per heavy atom. The van der Waals surface area contributed by atoms with Crippen molar-refractivity contribution in [1.29, 1.82) is 0 Å². The molecule has 0 unspecified atom stereocenters. The number of Topliss-reactive ketones (excluding diaryl/α,β-unsaturated/α-hetero) is 1. The van der Waals surface area contributed by atoms with E-state index >= 15 is 0 Å². The fourth-order valence-corrected chi connectivity index (χ4v) is 4.17. The van der Waals surface area contributed by atoms with Crippen molar-refractivity contribution < 1.29 is 19.7 Å². The van der Waals surface area contributed by atoms with E-state index in [2.05, 4.69) is 74.4 Å². The van der Waals surface area contributed by atoms with Crippen molar-refractivity contribution in [2.75, 3.05) is 13.7 Å². The van der Waals surface area contributed by atoms with Crippen LogP contribution in [0.4, 0.5) is 0 Å². The molecule has 0 saturated carbocycles. The number of phenols is 2. The van der Waals surface area contributed by atoms with E-state index in [9.17, 15) is 15.0 Å². The van der Waals surface area contributed by atoms with Gasteiger partial charge in [0, 0.05) is 20.0 Å². The predicted molar refractivity (Wildman–Crippen MR) is 140 cm³/mol. The van der Waals surface area contributed by atoms with Gasteiger partial charge in [-0.05, 0) is 56.0 Å². The Morgan fingerprint density at radius 1 is 0.765 bits per heavy atom. The highest BCUT2D eigenvalue weighted by Crippen LogP contribution is 2.41. The van der Waals surface area contributed by atoms with Crippen LogP contribution in [0.5, 0.6) is 11.5 Å². The van der Waals surface area contributed by atoms with Crippen LogP contribution in [0.25, 0.3) is 0 Å². The smallest absolute Gasteiger partial charge is 0.158 e. The summed E-state index contributed by atoms with van der Waals surface area (Å²) in [7, 11) is 1.53. The molecule has 0 aliphatic heterocycles. The van der Waals surface area contributed by atoms with Gasteiger partial charge in [0.25, 0.3) is 0 Å². The summed E-state index contributed by atoms with van der Waals surface area (Å²) in [6, 6.07) is 8.15. The second kappa shape index (κ2) is 10.1. The van der Waals surface area contributed by atoms with Gasteiger partial charge >= 0.3 is 0 Å². The van der Waals surface area contributed by atoms with Gasteiger partial charge in [-0.1, -0.05) is 86.6 Å². The first-order valence-corrected chi connectivity index (χ1v) is 12.2. The molecule has 0 radical (unpaired) electrons. The topological polar surface area (TPSA) is 66.8 Å². The number of ether oxygens (including phenoxy) is 1. The van der Waals surface area contributed by atoms with Crippen molar-refractivity contribution in [1.82, 2.24) is 0 Å². The summed E-state index contributed by atoms with van der Waals surface area (Å²) < 4.78 is 4.96. The minimum atomic E-state index is -0.267. The van der Waals surface area contributed by atoms with Gasteiger partial charge in [0.05, 0.1) is 0 Å². The quantitative estimate of drug-likeness (QED) is 0.473. The maximum atomic E-state index is 12.0. The van der Waals surface area contributed by atoms with E-state index in [0.29, 0.717) is 19.3 Å². The van der Waals surface area contributed by atoms with Crippen molar-refractivity contribution in [3.8, 4) is 11.5 Å². The first-order chi connectivity index (χ1) is 15.4. The molecule has 188 valence electrons. The lowest BCUT2D eigenvalue weighted by atomic mass is 9.77. The zero-order valence-electron chi connectivity index (χ0n) is 22.8. The molecule has 0 aliphatic carbocycles. The van der Waals surface area contributed by atoms with E-state index < -0.39 is 0 Å². The van der Waals surface area contributed by atoms with E-state index in [-0.39, 0.29) is 40.1 Å². The van der Waals surface area contributed by atoms with Crippen molar-refractivity contribution in [3.05, 3.63) is 57.6 Å². The molecule has 0 fully saturated rings. The third kappa shape index (κ3) is 6.85. The predicted octanol–water partition coefficient (Wildman–Crippen LogP) is 6.73. The molecular formula is C30H44O4. The molecule has 0 bridgehead atoms. The average molecular weight is 469 g/mol. The zero-order valence-corrected chi connectivity index (χ0v) is 22.8. The standard InChI is InChI=1S/C30H44O4/c1-28(2,3)22-16-21(27(33)25(17-22)30(7,8)9)15-20-13-19(11-12-23(31)18-34-10)14-24(26(20)32)29(4,5)6/h13-14,16-17,32-33H,11-12,15,18H2,1-10H3. The highest BCUT2D eigenvalue weighted by Gasteiger charge is 2.27. The number of carbonyl (C=O) groups excluding carboxylic acids is 1. The third-order valence-electron chi connectivity index (χ3n) is 6.30. The minimum Gasteiger partial charge on any atom is -0.507 e. The fraction of sp³-hybridized carbons (Fsp3) is 0.567. The van der Waals surface area contributed by atoms with Gasteiger partial charge in [0.2, 0.25) is 0 Å². The van der Waals surface area contributed by atoms with Crippen LogP contribution in [0.3, 0.4) is 0 Å². The lowest BCUT2D eigenvalue weighted by molar-refractivity contribution is -0.122. The second-order valence-corrected chi connectivity index (χ2v) is 12.6. The lowest BCUT2D eigenvalue weighted by Gasteiger charge is -2.28. The minimum absolute atomic E-state index is 0.0553. The van der Waals surface area contributed by atoms with Crippen molar-refractivity contribution in [2.24, 2.45) is 0 Å². The number of aryl methyl sites for hydroxylation is 1. The number of benzene rings is 2. The van der Waals surface area contributed by atoms with E-state index in [1.807, 2.05) is 12.1 Å². The molecule has 0 aromatic heterocycles. The second-order valence-electron chi connectivity index (χ2n) is 12.6. The molecule has 0 heterocycles. The van der Waals surface area contributed by atoms with Crippen LogP contribution in [0, 0.1) is 0 Å².